The van der Waals surface area contributed by atoms with Crippen molar-refractivity contribution in [2.24, 2.45) is 0 Å². The van der Waals surface area contributed by atoms with E-state index in [0.717, 1.165) is 11.3 Å². The van der Waals surface area contributed by atoms with E-state index < -0.39 is 6.10 Å². The molecule has 0 aromatic heterocycles. The van der Waals surface area contributed by atoms with E-state index in [1.165, 1.54) is 0 Å². The second kappa shape index (κ2) is 3.24. The number of rotatable bonds is 0. The van der Waals surface area contributed by atoms with Gasteiger partial charge in [-0.25, -0.2) is 0 Å². The third-order valence-electron chi connectivity index (χ3n) is 2.55. The van der Waals surface area contributed by atoms with E-state index in [1.807, 2.05) is 38.1 Å². The fourth-order valence-corrected chi connectivity index (χ4v) is 2.07. The minimum atomic E-state index is -0.505. The number of benzene rings is 1. The number of aliphatic hydroxyl groups is 1. The van der Waals surface area contributed by atoms with Gasteiger partial charge in [0.15, 0.2) is 0 Å². The van der Waals surface area contributed by atoms with Crippen LogP contribution in [0, 0.1) is 0 Å². The summed E-state index contributed by atoms with van der Waals surface area (Å²) in [4.78, 5) is -0.0788. The molecule has 2 nitrogen and oxygen atoms in total. The lowest BCUT2D eigenvalue weighted by Gasteiger charge is -2.39. The van der Waals surface area contributed by atoms with Gasteiger partial charge < -0.3 is 9.84 Å². The van der Waals surface area contributed by atoms with Crippen molar-refractivity contribution >= 4 is 15.9 Å². The van der Waals surface area contributed by atoms with Crippen molar-refractivity contribution in [1.29, 1.82) is 0 Å². The highest BCUT2D eigenvalue weighted by Gasteiger charge is 2.41. The Morgan fingerprint density at radius 2 is 2.00 bits per heavy atom. The zero-order valence-corrected chi connectivity index (χ0v) is 9.78. The number of aliphatic hydroxyl groups excluding tert-OH is 1. The Balaban J connectivity index is 2.48. The van der Waals surface area contributed by atoms with Crippen molar-refractivity contribution in [2.45, 2.75) is 30.4 Å². The van der Waals surface area contributed by atoms with Crippen molar-refractivity contribution < 1.29 is 9.84 Å². The summed E-state index contributed by atoms with van der Waals surface area (Å²) in [5, 5.41) is 10.0. The van der Waals surface area contributed by atoms with Crippen LogP contribution in [-0.4, -0.2) is 15.5 Å². The summed E-state index contributed by atoms with van der Waals surface area (Å²) < 4.78 is 5.80. The number of alkyl halides is 1. The zero-order valence-electron chi connectivity index (χ0n) is 8.20. The molecule has 0 amide bonds. The summed E-state index contributed by atoms with van der Waals surface area (Å²) in [7, 11) is 0. The second-order valence-corrected chi connectivity index (χ2v) is 5.08. The molecule has 0 saturated heterocycles. The van der Waals surface area contributed by atoms with Crippen LogP contribution >= 0.6 is 15.9 Å². The normalized spacial score (nSPS) is 29.1. The van der Waals surface area contributed by atoms with Crippen molar-refractivity contribution in [1.82, 2.24) is 0 Å². The average molecular weight is 257 g/mol. The van der Waals surface area contributed by atoms with Crippen LogP contribution in [0.1, 0.15) is 25.5 Å². The molecule has 0 fully saturated rings. The molecule has 3 heteroatoms. The van der Waals surface area contributed by atoms with E-state index in [2.05, 4.69) is 15.9 Å². The minimum absolute atomic E-state index is 0.0788. The van der Waals surface area contributed by atoms with Crippen LogP contribution in [0.15, 0.2) is 24.3 Å². The van der Waals surface area contributed by atoms with Crippen molar-refractivity contribution in [2.75, 3.05) is 0 Å². The largest absolute Gasteiger partial charge is 0.486 e. The lowest BCUT2D eigenvalue weighted by molar-refractivity contribution is 0.0226. The summed E-state index contributed by atoms with van der Waals surface area (Å²) in [6.07, 6.45) is -0.505. The SMILES string of the molecule is CC1(C)Oc2ccccc2[C@@H](O)[C@@H]1Br. The van der Waals surface area contributed by atoms with Gasteiger partial charge >= 0.3 is 0 Å². The molecule has 0 spiro atoms. The van der Waals surface area contributed by atoms with Crippen molar-refractivity contribution in [3.05, 3.63) is 29.8 Å². The fraction of sp³-hybridized carbons (Fsp3) is 0.455. The Morgan fingerprint density at radius 3 is 2.71 bits per heavy atom. The molecule has 0 radical (unpaired) electrons. The van der Waals surface area contributed by atoms with Crippen molar-refractivity contribution in [3.63, 3.8) is 0 Å². The summed E-state index contributed by atoms with van der Waals surface area (Å²) in [5.74, 6) is 0.778. The molecule has 0 unspecified atom stereocenters. The molecule has 2 atom stereocenters. The Bertz CT molecular complexity index is 349. The minimum Gasteiger partial charge on any atom is -0.486 e. The van der Waals surface area contributed by atoms with Crippen LogP contribution in [-0.2, 0) is 0 Å². The van der Waals surface area contributed by atoms with Gasteiger partial charge in [-0.2, -0.15) is 0 Å². The number of hydrogen-bond donors (Lipinski definition) is 1. The Morgan fingerprint density at radius 1 is 1.36 bits per heavy atom. The number of ether oxygens (including phenoxy) is 1. The highest BCUT2D eigenvalue weighted by Crippen LogP contribution is 2.42. The molecule has 76 valence electrons. The quantitative estimate of drug-likeness (QED) is 0.724. The van der Waals surface area contributed by atoms with E-state index >= 15 is 0 Å². The average Bonchev–Trinajstić information content (AvgIpc) is 2.14. The molecule has 0 aliphatic carbocycles. The van der Waals surface area contributed by atoms with Gasteiger partial charge in [0.2, 0.25) is 0 Å². The van der Waals surface area contributed by atoms with E-state index in [-0.39, 0.29) is 10.4 Å². The molecule has 1 heterocycles. The lowest BCUT2D eigenvalue weighted by atomic mass is 9.92. The molecule has 0 bridgehead atoms. The summed E-state index contributed by atoms with van der Waals surface area (Å²) >= 11 is 3.47. The van der Waals surface area contributed by atoms with Gasteiger partial charge in [-0.15, -0.1) is 0 Å². The van der Waals surface area contributed by atoms with Gasteiger partial charge in [-0.1, -0.05) is 34.1 Å². The monoisotopic (exact) mass is 256 g/mol. The topological polar surface area (TPSA) is 29.5 Å². The number of para-hydroxylation sites is 1. The zero-order chi connectivity index (χ0) is 10.3. The third kappa shape index (κ3) is 1.44. The van der Waals surface area contributed by atoms with E-state index in [4.69, 9.17) is 4.74 Å². The maximum absolute atomic E-state index is 10.0. The van der Waals surface area contributed by atoms with Crippen LogP contribution < -0.4 is 4.74 Å². The molecule has 1 aromatic rings. The molecule has 14 heavy (non-hydrogen) atoms. The smallest absolute Gasteiger partial charge is 0.126 e. The van der Waals surface area contributed by atoms with E-state index in [1.54, 1.807) is 0 Å². The molecule has 0 saturated carbocycles. The highest BCUT2D eigenvalue weighted by molar-refractivity contribution is 9.09. The molecule has 2 rings (SSSR count). The Hall–Kier alpha value is -0.540. The highest BCUT2D eigenvalue weighted by atomic mass is 79.9. The number of hydrogen-bond acceptors (Lipinski definition) is 2. The van der Waals surface area contributed by atoms with Gasteiger partial charge in [0.1, 0.15) is 11.4 Å². The first-order chi connectivity index (χ1) is 6.52. The van der Waals surface area contributed by atoms with Gasteiger partial charge in [0.05, 0.1) is 10.9 Å². The molecular formula is C11H13BrO2. The maximum atomic E-state index is 10.0. The first-order valence-corrected chi connectivity index (χ1v) is 5.54. The molecule has 1 aliphatic rings. The predicted octanol–water partition coefficient (Wildman–Crippen LogP) is 2.65. The Labute approximate surface area is 92.0 Å². The standard InChI is InChI=1S/C11H13BrO2/c1-11(2)10(12)9(13)7-5-3-4-6-8(7)14-11/h3-6,9-10,13H,1-2H3/t9-,10+/m1/s1. The molecule has 1 aromatic carbocycles. The van der Waals surface area contributed by atoms with Crippen LogP contribution in [0.25, 0.3) is 0 Å². The number of fused-ring (bicyclic) bond motifs is 1. The first-order valence-electron chi connectivity index (χ1n) is 4.62. The van der Waals surface area contributed by atoms with Crippen LogP contribution in [0.2, 0.25) is 0 Å². The third-order valence-corrected chi connectivity index (χ3v) is 4.16. The molecule has 1 aliphatic heterocycles. The van der Waals surface area contributed by atoms with Crippen LogP contribution in [0.3, 0.4) is 0 Å². The van der Waals surface area contributed by atoms with Crippen molar-refractivity contribution in [3.8, 4) is 5.75 Å². The maximum Gasteiger partial charge on any atom is 0.126 e. The molecular weight excluding hydrogens is 244 g/mol. The molecule has 1 N–H and O–H groups in total. The number of halogens is 1. The van der Waals surface area contributed by atoms with Gasteiger partial charge in [0.25, 0.3) is 0 Å². The summed E-state index contributed by atoms with van der Waals surface area (Å²) in [6.45, 7) is 3.93. The van der Waals surface area contributed by atoms with Gasteiger partial charge in [-0.05, 0) is 19.9 Å². The first kappa shape index (κ1) is 9.99. The van der Waals surface area contributed by atoms with Crippen LogP contribution in [0.5, 0.6) is 5.75 Å². The van der Waals surface area contributed by atoms with Gasteiger partial charge in [0, 0.05) is 5.56 Å². The summed E-state index contributed by atoms with van der Waals surface area (Å²) in [5.41, 5.74) is 0.474. The predicted molar refractivity (Wildman–Crippen MR) is 58.8 cm³/mol. The van der Waals surface area contributed by atoms with E-state index in [9.17, 15) is 5.11 Å². The van der Waals surface area contributed by atoms with Crippen LogP contribution in [0.4, 0.5) is 0 Å². The lowest BCUT2D eigenvalue weighted by Crippen LogP contribution is -2.45. The van der Waals surface area contributed by atoms with Gasteiger partial charge in [-0.3, -0.25) is 0 Å². The summed E-state index contributed by atoms with van der Waals surface area (Å²) in [6, 6.07) is 7.60. The fourth-order valence-electron chi connectivity index (χ4n) is 1.70. The second-order valence-electron chi connectivity index (χ2n) is 4.09. The van der Waals surface area contributed by atoms with E-state index in [0.29, 0.717) is 0 Å². The Kier molecular flexibility index (Phi) is 2.32.